The molecule has 20 heavy (non-hydrogen) atoms. The summed E-state index contributed by atoms with van der Waals surface area (Å²) < 4.78 is 5.60. The second kappa shape index (κ2) is 5.44. The third-order valence-electron chi connectivity index (χ3n) is 4.16. The van der Waals surface area contributed by atoms with Gasteiger partial charge in [-0.3, -0.25) is 4.79 Å². The summed E-state index contributed by atoms with van der Waals surface area (Å²) in [6, 6.07) is 9.75. The summed E-state index contributed by atoms with van der Waals surface area (Å²) in [4.78, 5) is 16.3. The van der Waals surface area contributed by atoms with Gasteiger partial charge in [-0.15, -0.1) is 0 Å². The van der Waals surface area contributed by atoms with E-state index in [2.05, 4.69) is 11.9 Å². The Labute approximate surface area is 120 Å². The molecule has 3 rings (SSSR count). The average Bonchev–Trinajstić information content (AvgIpc) is 2.38. The van der Waals surface area contributed by atoms with Crippen molar-refractivity contribution in [1.29, 1.82) is 0 Å². The summed E-state index contributed by atoms with van der Waals surface area (Å²) in [6.07, 6.45) is 1.38. The molecule has 2 heterocycles. The van der Waals surface area contributed by atoms with Crippen molar-refractivity contribution in [1.82, 2.24) is 9.80 Å². The molecule has 2 aliphatic rings. The van der Waals surface area contributed by atoms with Crippen molar-refractivity contribution in [2.24, 2.45) is 5.41 Å². The van der Waals surface area contributed by atoms with Crippen molar-refractivity contribution in [3.05, 3.63) is 30.3 Å². The first-order valence-corrected chi connectivity index (χ1v) is 7.31. The Hall–Kier alpha value is -1.55. The van der Waals surface area contributed by atoms with Crippen molar-refractivity contribution in [2.75, 3.05) is 39.8 Å². The lowest BCUT2D eigenvalue weighted by Crippen LogP contribution is -2.72. The van der Waals surface area contributed by atoms with Gasteiger partial charge in [0.15, 0.2) is 0 Å². The van der Waals surface area contributed by atoms with Crippen LogP contribution in [0.4, 0.5) is 0 Å². The fraction of sp³-hybridized carbons (Fsp3) is 0.562. The Kier molecular flexibility index (Phi) is 3.66. The number of hydrogen-bond acceptors (Lipinski definition) is 3. The molecular weight excluding hydrogens is 252 g/mol. The van der Waals surface area contributed by atoms with Crippen molar-refractivity contribution < 1.29 is 9.53 Å². The van der Waals surface area contributed by atoms with Gasteiger partial charge in [-0.25, -0.2) is 0 Å². The number of ether oxygens (including phenoxy) is 1. The Morgan fingerprint density at radius 1 is 1.20 bits per heavy atom. The van der Waals surface area contributed by atoms with E-state index in [1.54, 1.807) is 0 Å². The molecule has 108 valence electrons. The average molecular weight is 274 g/mol. The molecule has 0 unspecified atom stereocenters. The van der Waals surface area contributed by atoms with Gasteiger partial charge >= 0.3 is 0 Å². The molecule has 0 saturated carbocycles. The molecule has 2 saturated heterocycles. The molecule has 4 nitrogen and oxygen atoms in total. The van der Waals surface area contributed by atoms with Gasteiger partial charge in [0.05, 0.1) is 6.61 Å². The molecule has 0 N–H and O–H groups in total. The normalized spacial score (nSPS) is 20.4. The van der Waals surface area contributed by atoms with Crippen LogP contribution in [0.3, 0.4) is 0 Å². The van der Waals surface area contributed by atoms with E-state index in [0.717, 1.165) is 38.3 Å². The molecule has 1 aromatic carbocycles. The molecular formula is C16H22N2O2. The van der Waals surface area contributed by atoms with E-state index in [-0.39, 0.29) is 5.91 Å². The topological polar surface area (TPSA) is 32.8 Å². The van der Waals surface area contributed by atoms with Crippen LogP contribution in [0.25, 0.3) is 0 Å². The highest BCUT2D eigenvalue weighted by molar-refractivity contribution is 5.77. The van der Waals surface area contributed by atoms with Gasteiger partial charge in [0, 0.05) is 38.0 Å². The minimum Gasteiger partial charge on any atom is -0.494 e. The van der Waals surface area contributed by atoms with Crippen molar-refractivity contribution in [2.45, 2.75) is 12.8 Å². The molecule has 0 aliphatic carbocycles. The largest absolute Gasteiger partial charge is 0.494 e. The molecule has 2 fully saturated rings. The Bertz CT molecular complexity index is 461. The maximum atomic E-state index is 12.0. The summed E-state index contributed by atoms with van der Waals surface area (Å²) in [5, 5.41) is 0. The minimum absolute atomic E-state index is 0.279. The zero-order chi connectivity index (χ0) is 14.0. The highest BCUT2D eigenvalue weighted by atomic mass is 16.5. The fourth-order valence-corrected chi connectivity index (χ4v) is 3.33. The quantitative estimate of drug-likeness (QED) is 0.765. The van der Waals surface area contributed by atoms with E-state index in [0.29, 0.717) is 18.4 Å². The second-order valence-electron chi connectivity index (χ2n) is 6.19. The Morgan fingerprint density at radius 3 is 2.55 bits per heavy atom. The zero-order valence-corrected chi connectivity index (χ0v) is 12.0. The van der Waals surface area contributed by atoms with E-state index < -0.39 is 0 Å². The van der Waals surface area contributed by atoms with Crippen molar-refractivity contribution in [3.63, 3.8) is 0 Å². The molecule has 4 heteroatoms. The van der Waals surface area contributed by atoms with Gasteiger partial charge in [0.25, 0.3) is 0 Å². The molecule has 1 spiro atoms. The number of rotatable bonds is 5. The molecule has 0 atom stereocenters. The predicted octanol–water partition coefficient (Wildman–Crippen LogP) is 1.62. The highest BCUT2D eigenvalue weighted by Crippen LogP contribution is 2.38. The molecule has 1 amide bonds. The number of likely N-dealkylation sites (tertiary alicyclic amines) is 2. The van der Waals surface area contributed by atoms with E-state index in [4.69, 9.17) is 4.74 Å². The van der Waals surface area contributed by atoms with Crippen LogP contribution in [0.15, 0.2) is 30.3 Å². The number of carbonyl (C=O) groups excluding carboxylic acids is 1. The van der Waals surface area contributed by atoms with E-state index in [1.807, 2.05) is 35.2 Å². The number of amides is 1. The fourth-order valence-electron chi connectivity index (χ4n) is 3.33. The van der Waals surface area contributed by atoms with Crippen molar-refractivity contribution in [3.8, 4) is 5.75 Å². The standard InChI is InChI=1S/C16H22N2O2/c1-17-10-16(11-17)12-18(13-16)15(19)8-5-9-20-14-6-3-2-4-7-14/h2-4,6-7H,5,8-13H2,1H3. The van der Waals surface area contributed by atoms with Gasteiger partial charge < -0.3 is 14.5 Å². The summed E-state index contributed by atoms with van der Waals surface area (Å²) in [7, 11) is 2.14. The van der Waals surface area contributed by atoms with E-state index in [1.165, 1.54) is 0 Å². The summed E-state index contributed by atoms with van der Waals surface area (Å²) in [5.41, 5.74) is 0.435. The van der Waals surface area contributed by atoms with Crippen LogP contribution in [0.1, 0.15) is 12.8 Å². The number of carbonyl (C=O) groups is 1. The van der Waals surface area contributed by atoms with Gasteiger partial charge in [0.2, 0.25) is 5.91 Å². The van der Waals surface area contributed by atoms with E-state index in [9.17, 15) is 4.79 Å². The SMILES string of the molecule is CN1CC2(C1)CN(C(=O)CCCOc1ccccc1)C2. The lowest BCUT2D eigenvalue weighted by molar-refractivity contribution is -0.156. The van der Waals surface area contributed by atoms with Crippen LogP contribution in [0.2, 0.25) is 0 Å². The third-order valence-corrected chi connectivity index (χ3v) is 4.16. The van der Waals surface area contributed by atoms with Crippen LogP contribution in [-0.2, 0) is 4.79 Å². The number of nitrogens with zero attached hydrogens (tertiary/aromatic N) is 2. The van der Waals surface area contributed by atoms with E-state index >= 15 is 0 Å². The first kappa shape index (κ1) is 13.4. The van der Waals surface area contributed by atoms with Gasteiger partial charge in [0.1, 0.15) is 5.75 Å². The van der Waals surface area contributed by atoms with Gasteiger partial charge in [-0.2, -0.15) is 0 Å². The first-order valence-electron chi connectivity index (χ1n) is 7.31. The minimum atomic E-state index is 0.279. The smallest absolute Gasteiger partial charge is 0.222 e. The third kappa shape index (κ3) is 2.80. The van der Waals surface area contributed by atoms with Gasteiger partial charge in [-0.05, 0) is 25.6 Å². The predicted molar refractivity (Wildman–Crippen MR) is 77.7 cm³/mol. The van der Waals surface area contributed by atoms with Crippen LogP contribution in [0, 0.1) is 5.41 Å². The lowest BCUT2D eigenvalue weighted by atomic mass is 9.73. The summed E-state index contributed by atoms with van der Waals surface area (Å²) >= 11 is 0. The molecule has 0 radical (unpaired) electrons. The zero-order valence-electron chi connectivity index (χ0n) is 12.0. The van der Waals surface area contributed by atoms with Crippen molar-refractivity contribution >= 4 is 5.91 Å². The summed E-state index contributed by atoms with van der Waals surface area (Å²) in [5.74, 6) is 1.15. The summed E-state index contributed by atoms with van der Waals surface area (Å²) in [6.45, 7) is 4.81. The van der Waals surface area contributed by atoms with Crippen LogP contribution < -0.4 is 4.74 Å². The maximum absolute atomic E-state index is 12.0. The second-order valence-corrected chi connectivity index (χ2v) is 6.19. The molecule has 0 bridgehead atoms. The van der Waals surface area contributed by atoms with Crippen LogP contribution in [0.5, 0.6) is 5.75 Å². The van der Waals surface area contributed by atoms with Gasteiger partial charge in [-0.1, -0.05) is 18.2 Å². The Morgan fingerprint density at radius 2 is 1.90 bits per heavy atom. The monoisotopic (exact) mass is 274 g/mol. The first-order chi connectivity index (χ1) is 9.67. The number of benzene rings is 1. The molecule has 0 aromatic heterocycles. The lowest BCUT2D eigenvalue weighted by Gasteiger charge is -2.59. The van der Waals surface area contributed by atoms with Crippen LogP contribution in [-0.4, -0.2) is 55.5 Å². The molecule has 1 aromatic rings. The molecule has 2 aliphatic heterocycles. The number of para-hydroxylation sites is 1. The van der Waals surface area contributed by atoms with Crippen LogP contribution >= 0.6 is 0 Å². The maximum Gasteiger partial charge on any atom is 0.222 e. The Balaban J connectivity index is 1.31. The highest BCUT2D eigenvalue weighted by Gasteiger charge is 2.51. The number of hydrogen-bond donors (Lipinski definition) is 0.